The molecule has 104 valence electrons. The van der Waals surface area contributed by atoms with Crippen LogP contribution in [0.15, 0.2) is 24.3 Å². The molecule has 0 N–H and O–H groups in total. The van der Waals surface area contributed by atoms with Crippen molar-refractivity contribution in [3.05, 3.63) is 34.9 Å². The fourth-order valence-electron chi connectivity index (χ4n) is 2.24. The molecule has 1 aromatic rings. The van der Waals surface area contributed by atoms with Gasteiger partial charge in [0.25, 0.3) is 0 Å². The minimum Gasteiger partial charge on any atom is -0.341 e. The van der Waals surface area contributed by atoms with E-state index in [1.807, 2.05) is 12.1 Å². The van der Waals surface area contributed by atoms with Crippen LogP contribution < -0.4 is 0 Å². The summed E-state index contributed by atoms with van der Waals surface area (Å²) >= 11 is 5.80. The Labute approximate surface area is 118 Å². The molecular formula is C13H16ClNO3S. The van der Waals surface area contributed by atoms with E-state index in [4.69, 9.17) is 11.6 Å². The summed E-state index contributed by atoms with van der Waals surface area (Å²) in [5.74, 6) is -0.382. The van der Waals surface area contributed by atoms with Crippen LogP contribution in [0.4, 0.5) is 0 Å². The molecule has 1 atom stereocenters. The predicted molar refractivity (Wildman–Crippen MR) is 74.7 cm³/mol. The van der Waals surface area contributed by atoms with Gasteiger partial charge in [-0.1, -0.05) is 23.7 Å². The fraction of sp³-hybridized carbons (Fsp3) is 0.462. The number of sulfone groups is 1. The van der Waals surface area contributed by atoms with E-state index in [1.54, 1.807) is 24.1 Å². The maximum Gasteiger partial charge on any atom is 0.226 e. The highest BCUT2D eigenvalue weighted by atomic mass is 35.5. The quantitative estimate of drug-likeness (QED) is 0.854. The highest BCUT2D eigenvalue weighted by Gasteiger charge is 2.34. The van der Waals surface area contributed by atoms with E-state index in [0.29, 0.717) is 18.0 Å². The molecule has 1 fully saturated rings. The maximum absolute atomic E-state index is 12.1. The zero-order valence-electron chi connectivity index (χ0n) is 10.7. The first-order valence-corrected chi connectivity index (χ1v) is 8.27. The van der Waals surface area contributed by atoms with Crippen LogP contribution in [0.3, 0.4) is 0 Å². The number of carbonyl (C=O) groups is 1. The molecule has 1 aliphatic rings. The smallest absolute Gasteiger partial charge is 0.226 e. The molecule has 0 bridgehead atoms. The van der Waals surface area contributed by atoms with E-state index in [9.17, 15) is 13.2 Å². The molecule has 4 nitrogen and oxygen atoms in total. The van der Waals surface area contributed by atoms with E-state index >= 15 is 0 Å². The van der Waals surface area contributed by atoms with Gasteiger partial charge in [-0.3, -0.25) is 4.79 Å². The molecule has 6 heteroatoms. The Morgan fingerprint density at radius 2 is 2.00 bits per heavy atom. The molecule has 0 radical (unpaired) electrons. The second-order valence-corrected chi connectivity index (χ2v) is 7.59. The van der Waals surface area contributed by atoms with Crippen LogP contribution in [0.25, 0.3) is 0 Å². The van der Waals surface area contributed by atoms with Gasteiger partial charge in [-0.15, -0.1) is 0 Å². The summed E-state index contributed by atoms with van der Waals surface area (Å²) in [7, 11) is -1.32. The number of hydrogen-bond donors (Lipinski definition) is 0. The van der Waals surface area contributed by atoms with E-state index in [2.05, 4.69) is 0 Å². The number of amides is 1. The zero-order chi connectivity index (χ0) is 14.0. The van der Waals surface area contributed by atoms with Crippen molar-refractivity contribution in [2.45, 2.75) is 13.0 Å². The summed E-state index contributed by atoms with van der Waals surface area (Å²) in [5.41, 5.74) is 0.973. The first-order valence-electron chi connectivity index (χ1n) is 6.07. The summed E-state index contributed by atoms with van der Waals surface area (Å²) in [6, 6.07) is 7.26. The number of rotatable bonds is 3. The number of halogens is 1. The Morgan fingerprint density at radius 3 is 2.53 bits per heavy atom. The molecule has 1 aliphatic heterocycles. The van der Waals surface area contributed by atoms with Crippen LogP contribution in [0.1, 0.15) is 12.0 Å². The van der Waals surface area contributed by atoms with Crippen molar-refractivity contribution in [1.82, 2.24) is 4.90 Å². The summed E-state index contributed by atoms with van der Waals surface area (Å²) in [6.45, 7) is 0.465. The largest absolute Gasteiger partial charge is 0.341 e. The molecule has 19 heavy (non-hydrogen) atoms. The van der Waals surface area contributed by atoms with Gasteiger partial charge in [0.1, 0.15) is 0 Å². The Kier molecular flexibility index (Phi) is 4.16. The van der Waals surface area contributed by atoms with Crippen LogP contribution in [-0.4, -0.2) is 37.8 Å². The van der Waals surface area contributed by atoms with Gasteiger partial charge in [-0.2, -0.15) is 0 Å². The fourth-order valence-corrected chi connectivity index (χ4v) is 4.10. The second-order valence-electron chi connectivity index (χ2n) is 4.92. The zero-order valence-corrected chi connectivity index (χ0v) is 12.2. The minimum atomic E-state index is -3.02. The summed E-state index contributed by atoms with van der Waals surface area (Å²) in [4.78, 5) is 13.7. The predicted octanol–water partition coefficient (Wildman–Crippen LogP) is 1.73. The average molecular weight is 302 g/mol. The Hall–Kier alpha value is -1.07. The molecule has 1 amide bonds. The van der Waals surface area contributed by atoms with Crippen LogP contribution >= 0.6 is 11.6 Å². The topological polar surface area (TPSA) is 54.5 Å². The third-order valence-corrected chi connectivity index (χ3v) is 5.31. The molecule has 2 rings (SSSR count). The lowest BCUT2D eigenvalue weighted by Gasteiger charge is -2.20. The standard InChI is InChI=1S/C13H16ClNO3S/c1-15(8-10-2-4-12(14)5-3-10)13(16)11-6-7-19(17,18)9-11/h2-5,11H,6-9H2,1H3. The molecule has 1 heterocycles. The molecule has 0 spiro atoms. The number of benzene rings is 1. The summed E-state index contributed by atoms with van der Waals surface area (Å²) in [6.07, 6.45) is 0.437. The van der Waals surface area contributed by atoms with Crippen LogP contribution in [0, 0.1) is 5.92 Å². The Morgan fingerprint density at radius 1 is 1.37 bits per heavy atom. The third-order valence-electron chi connectivity index (χ3n) is 3.29. The van der Waals surface area contributed by atoms with Crippen LogP contribution in [0.5, 0.6) is 0 Å². The second kappa shape index (κ2) is 5.51. The first-order chi connectivity index (χ1) is 8.87. The van der Waals surface area contributed by atoms with Crippen molar-refractivity contribution >= 4 is 27.3 Å². The van der Waals surface area contributed by atoms with Crippen molar-refractivity contribution < 1.29 is 13.2 Å². The van der Waals surface area contributed by atoms with Gasteiger partial charge in [0.2, 0.25) is 5.91 Å². The number of hydrogen-bond acceptors (Lipinski definition) is 3. The maximum atomic E-state index is 12.1. The highest BCUT2D eigenvalue weighted by molar-refractivity contribution is 7.91. The molecule has 1 unspecified atom stereocenters. The normalized spacial score (nSPS) is 21.3. The van der Waals surface area contributed by atoms with Crippen molar-refractivity contribution in [3.63, 3.8) is 0 Å². The molecular weight excluding hydrogens is 286 g/mol. The first kappa shape index (κ1) is 14.3. The highest BCUT2D eigenvalue weighted by Crippen LogP contribution is 2.21. The molecule has 0 aliphatic carbocycles. The molecule has 1 saturated heterocycles. The summed E-state index contributed by atoms with van der Waals surface area (Å²) < 4.78 is 22.8. The van der Waals surface area contributed by atoms with Crippen molar-refractivity contribution in [3.8, 4) is 0 Å². The van der Waals surface area contributed by atoms with E-state index in [0.717, 1.165) is 5.56 Å². The molecule has 1 aromatic carbocycles. The van der Waals surface area contributed by atoms with Crippen LogP contribution in [0.2, 0.25) is 5.02 Å². The molecule has 0 saturated carbocycles. The summed E-state index contributed by atoms with van der Waals surface area (Å²) in [5, 5.41) is 0.652. The van der Waals surface area contributed by atoms with E-state index in [1.165, 1.54) is 0 Å². The van der Waals surface area contributed by atoms with E-state index < -0.39 is 9.84 Å². The monoisotopic (exact) mass is 301 g/mol. The van der Waals surface area contributed by atoms with Gasteiger partial charge in [0.05, 0.1) is 17.4 Å². The lowest BCUT2D eigenvalue weighted by Crippen LogP contribution is -2.33. The van der Waals surface area contributed by atoms with Gasteiger partial charge in [-0.05, 0) is 24.1 Å². The minimum absolute atomic E-state index is 0.0171. The Bertz CT molecular complexity index is 568. The lowest BCUT2D eigenvalue weighted by molar-refractivity contribution is -0.133. The van der Waals surface area contributed by atoms with Gasteiger partial charge >= 0.3 is 0 Å². The Balaban J connectivity index is 1.98. The van der Waals surface area contributed by atoms with E-state index in [-0.39, 0.29) is 23.3 Å². The van der Waals surface area contributed by atoms with Crippen molar-refractivity contribution in [2.24, 2.45) is 5.92 Å². The third kappa shape index (κ3) is 3.70. The molecule has 0 aromatic heterocycles. The van der Waals surface area contributed by atoms with Gasteiger partial charge in [-0.25, -0.2) is 8.42 Å². The van der Waals surface area contributed by atoms with Gasteiger partial charge in [0, 0.05) is 18.6 Å². The van der Waals surface area contributed by atoms with Crippen molar-refractivity contribution in [1.29, 1.82) is 0 Å². The number of carbonyl (C=O) groups excluding carboxylic acids is 1. The van der Waals surface area contributed by atoms with Crippen LogP contribution in [-0.2, 0) is 21.2 Å². The lowest BCUT2D eigenvalue weighted by atomic mass is 10.1. The van der Waals surface area contributed by atoms with Crippen molar-refractivity contribution in [2.75, 3.05) is 18.6 Å². The van der Waals surface area contributed by atoms with Gasteiger partial charge in [0.15, 0.2) is 9.84 Å². The number of nitrogens with zero attached hydrogens (tertiary/aromatic N) is 1. The SMILES string of the molecule is CN(Cc1ccc(Cl)cc1)C(=O)C1CCS(=O)(=O)C1. The average Bonchev–Trinajstić information content (AvgIpc) is 2.71. The van der Waals surface area contributed by atoms with Gasteiger partial charge < -0.3 is 4.90 Å².